The molecular weight excluding hydrogens is 419 g/mol. The van der Waals surface area contributed by atoms with Crippen molar-refractivity contribution in [2.75, 3.05) is 19.0 Å². The highest BCUT2D eigenvalue weighted by molar-refractivity contribution is 14.1. The van der Waals surface area contributed by atoms with Gasteiger partial charge in [-0.05, 0) is 31.0 Å². The number of hydrogen-bond acceptors (Lipinski definition) is 4. The third kappa shape index (κ3) is 2.93. The van der Waals surface area contributed by atoms with Gasteiger partial charge in [-0.2, -0.15) is 0 Å². The molecular formula is C15H16ClIN2OS. The smallest absolute Gasteiger partial charge is 0.125 e. The molecule has 2 aromatic rings. The number of aliphatic hydroxyl groups excluding tert-OH is 1. The predicted octanol–water partition coefficient (Wildman–Crippen LogP) is 4.83. The first-order valence-corrected chi connectivity index (χ1v) is 9.21. The van der Waals surface area contributed by atoms with E-state index in [-0.39, 0.29) is 6.10 Å². The molecule has 0 amide bonds. The number of benzene rings is 1. The summed E-state index contributed by atoms with van der Waals surface area (Å²) in [4.78, 5) is 7.76. The molecule has 0 fully saturated rings. The molecule has 0 aliphatic heterocycles. The first-order chi connectivity index (χ1) is 9.97. The van der Waals surface area contributed by atoms with Crippen LogP contribution in [-0.2, 0) is 0 Å². The van der Waals surface area contributed by atoms with Gasteiger partial charge in [0.2, 0.25) is 0 Å². The predicted molar refractivity (Wildman–Crippen MR) is 97.8 cm³/mol. The molecule has 1 heterocycles. The number of halogens is 2. The van der Waals surface area contributed by atoms with Gasteiger partial charge in [-0.15, -0.1) is 11.3 Å². The van der Waals surface area contributed by atoms with E-state index in [2.05, 4.69) is 22.6 Å². The highest BCUT2D eigenvalue weighted by Crippen LogP contribution is 2.46. The molecule has 1 aromatic carbocycles. The van der Waals surface area contributed by atoms with Crippen LogP contribution in [0.25, 0.3) is 10.6 Å². The SMILES string of the molecule is CN(C)c1ccc(-c2nc3c(s2)C(O)CCC3I)c(Cl)c1. The molecule has 1 N–H and O–H groups in total. The lowest BCUT2D eigenvalue weighted by molar-refractivity contribution is 0.160. The van der Waals surface area contributed by atoms with Crippen molar-refractivity contribution in [3.63, 3.8) is 0 Å². The van der Waals surface area contributed by atoms with Crippen LogP contribution in [0.15, 0.2) is 18.2 Å². The van der Waals surface area contributed by atoms with Crippen molar-refractivity contribution < 1.29 is 5.11 Å². The average Bonchev–Trinajstić information content (AvgIpc) is 2.89. The second kappa shape index (κ2) is 6.02. The Labute approximate surface area is 147 Å². The van der Waals surface area contributed by atoms with Gasteiger partial charge in [0.05, 0.1) is 25.6 Å². The van der Waals surface area contributed by atoms with Crippen molar-refractivity contribution in [3.05, 3.63) is 33.8 Å². The van der Waals surface area contributed by atoms with Crippen LogP contribution in [0.5, 0.6) is 0 Å². The molecule has 0 spiro atoms. The number of aromatic nitrogens is 1. The number of anilines is 1. The molecule has 2 unspecified atom stereocenters. The van der Waals surface area contributed by atoms with Gasteiger partial charge in [-0.25, -0.2) is 4.98 Å². The molecule has 2 atom stereocenters. The molecule has 0 saturated carbocycles. The Balaban J connectivity index is 2.04. The number of hydrogen-bond donors (Lipinski definition) is 1. The van der Waals surface area contributed by atoms with Crippen LogP contribution in [-0.4, -0.2) is 24.2 Å². The van der Waals surface area contributed by atoms with E-state index in [4.69, 9.17) is 16.6 Å². The number of thiazole rings is 1. The van der Waals surface area contributed by atoms with Crippen molar-refractivity contribution in [2.24, 2.45) is 0 Å². The number of rotatable bonds is 2. The minimum atomic E-state index is -0.378. The molecule has 1 aliphatic carbocycles. The molecule has 0 bridgehead atoms. The summed E-state index contributed by atoms with van der Waals surface area (Å²) in [6.07, 6.45) is 1.41. The number of aliphatic hydroxyl groups is 1. The summed E-state index contributed by atoms with van der Waals surface area (Å²) < 4.78 is 0.380. The maximum atomic E-state index is 10.2. The zero-order valence-corrected chi connectivity index (χ0v) is 15.5. The van der Waals surface area contributed by atoms with E-state index in [9.17, 15) is 5.11 Å². The monoisotopic (exact) mass is 434 g/mol. The van der Waals surface area contributed by atoms with Crippen LogP contribution in [0.1, 0.15) is 33.4 Å². The van der Waals surface area contributed by atoms with E-state index in [1.807, 2.05) is 37.2 Å². The van der Waals surface area contributed by atoms with Crippen LogP contribution in [0, 0.1) is 0 Å². The van der Waals surface area contributed by atoms with Crippen molar-refractivity contribution in [2.45, 2.75) is 22.9 Å². The largest absolute Gasteiger partial charge is 0.388 e. The third-order valence-corrected chi connectivity index (χ3v) is 6.40. The summed E-state index contributed by atoms with van der Waals surface area (Å²) >= 11 is 10.4. The van der Waals surface area contributed by atoms with Crippen molar-refractivity contribution in [3.8, 4) is 10.6 Å². The molecule has 0 radical (unpaired) electrons. The van der Waals surface area contributed by atoms with Gasteiger partial charge in [0.1, 0.15) is 5.01 Å². The minimum Gasteiger partial charge on any atom is -0.388 e. The van der Waals surface area contributed by atoms with Gasteiger partial charge < -0.3 is 10.0 Å². The lowest BCUT2D eigenvalue weighted by atomic mass is 10.0. The highest BCUT2D eigenvalue weighted by atomic mass is 127. The van der Waals surface area contributed by atoms with Crippen molar-refractivity contribution in [1.82, 2.24) is 4.98 Å². The zero-order chi connectivity index (χ0) is 15.1. The molecule has 21 heavy (non-hydrogen) atoms. The zero-order valence-electron chi connectivity index (χ0n) is 11.8. The van der Waals surface area contributed by atoms with Gasteiger partial charge in [-0.3, -0.25) is 0 Å². The molecule has 1 aliphatic rings. The van der Waals surface area contributed by atoms with Gasteiger partial charge in [-0.1, -0.05) is 34.2 Å². The normalized spacial score (nSPS) is 21.2. The average molecular weight is 435 g/mol. The molecule has 1 aromatic heterocycles. The fourth-order valence-electron chi connectivity index (χ4n) is 2.45. The second-order valence-corrected chi connectivity index (χ2v) is 8.33. The fraction of sp³-hybridized carbons (Fsp3) is 0.400. The van der Waals surface area contributed by atoms with Gasteiger partial charge in [0.15, 0.2) is 0 Å². The summed E-state index contributed by atoms with van der Waals surface area (Å²) in [5, 5.41) is 11.8. The van der Waals surface area contributed by atoms with Crippen LogP contribution in [0.3, 0.4) is 0 Å². The first-order valence-electron chi connectivity index (χ1n) is 6.77. The van der Waals surface area contributed by atoms with Crippen LogP contribution >= 0.6 is 45.5 Å². The standard InChI is InChI=1S/C15H16ClIN2OS/c1-19(2)8-3-4-9(10(16)7-8)15-18-13-11(17)5-6-12(20)14(13)21-15/h3-4,7,11-12,20H,5-6H2,1-2H3. The van der Waals surface area contributed by atoms with E-state index in [0.29, 0.717) is 8.95 Å². The molecule has 112 valence electrons. The minimum absolute atomic E-state index is 0.378. The Morgan fingerprint density at radius 3 is 2.76 bits per heavy atom. The summed E-state index contributed by atoms with van der Waals surface area (Å²) in [7, 11) is 3.98. The molecule has 0 saturated heterocycles. The third-order valence-electron chi connectivity index (χ3n) is 3.67. The lowest BCUT2D eigenvalue weighted by Crippen LogP contribution is -2.08. The Hall–Kier alpha value is -0.370. The molecule has 3 rings (SSSR count). The maximum Gasteiger partial charge on any atom is 0.125 e. The fourth-order valence-corrected chi connectivity index (χ4v) is 5.00. The van der Waals surface area contributed by atoms with Crippen LogP contribution in [0.4, 0.5) is 5.69 Å². The van der Waals surface area contributed by atoms with Crippen LogP contribution < -0.4 is 4.90 Å². The van der Waals surface area contributed by atoms with Gasteiger partial charge >= 0.3 is 0 Å². The first kappa shape index (κ1) is 15.5. The Morgan fingerprint density at radius 2 is 2.14 bits per heavy atom. The van der Waals surface area contributed by atoms with Crippen molar-refractivity contribution >= 4 is 51.2 Å². The van der Waals surface area contributed by atoms with Gasteiger partial charge in [0, 0.05) is 25.3 Å². The Kier molecular flexibility index (Phi) is 4.45. The number of alkyl halides is 1. The van der Waals surface area contributed by atoms with E-state index >= 15 is 0 Å². The summed E-state index contributed by atoms with van der Waals surface area (Å²) in [5.74, 6) is 0. The van der Waals surface area contributed by atoms with Crippen LogP contribution in [0.2, 0.25) is 5.02 Å². The highest BCUT2D eigenvalue weighted by Gasteiger charge is 2.29. The van der Waals surface area contributed by atoms with Crippen molar-refractivity contribution in [1.29, 1.82) is 0 Å². The summed E-state index contributed by atoms with van der Waals surface area (Å²) in [6.45, 7) is 0. The van der Waals surface area contributed by atoms with E-state index in [0.717, 1.165) is 39.7 Å². The summed E-state index contributed by atoms with van der Waals surface area (Å²) in [6, 6.07) is 6.01. The second-order valence-electron chi connectivity index (χ2n) is 5.39. The molecule has 6 heteroatoms. The lowest BCUT2D eigenvalue weighted by Gasteiger charge is -2.19. The Morgan fingerprint density at radius 1 is 1.38 bits per heavy atom. The number of nitrogens with zero attached hydrogens (tertiary/aromatic N) is 2. The Bertz CT molecular complexity index is 646. The van der Waals surface area contributed by atoms with E-state index in [1.54, 1.807) is 11.3 Å². The van der Waals surface area contributed by atoms with E-state index in [1.165, 1.54) is 0 Å². The topological polar surface area (TPSA) is 36.4 Å². The van der Waals surface area contributed by atoms with E-state index < -0.39 is 0 Å². The quantitative estimate of drug-likeness (QED) is 0.543. The molecule has 3 nitrogen and oxygen atoms in total. The van der Waals surface area contributed by atoms with Gasteiger partial charge in [0.25, 0.3) is 0 Å². The summed E-state index contributed by atoms with van der Waals surface area (Å²) in [5.41, 5.74) is 3.04. The number of fused-ring (bicyclic) bond motifs is 1. The maximum absolute atomic E-state index is 10.2.